The zero-order valence-electron chi connectivity index (χ0n) is 15.5. The van der Waals surface area contributed by atoms with Crippen LogP contribution in [0.2, 0.25) is 0 Å². The van der Waals surface area contributed by atoms with Gasteiger partial charge in [0, 0.05) is 24.1 Å². The Morgan fingerprint density at radius 1 is 1.11 bits per heavy atom. The van der Waals surface area contributed by atoms with Crippen molar-refractivity contribution < 1.29 is 23.1 Å². The van der Waals surface area contributed by atoms with Gasteiger partial charge in [0.25, 0.3) is 0 Å². The molecule has 1 heterocycles. The van der Waals surface area contributed by atoms with E-state index in [1.165, 1.54) is 31.4 Å². The van der Waals surface area contributed by atoms with Crippen LogP contribution < -0.4 is 4.74 Å². The van der Waals surface area contributed by atoms with E-state index in [1.807, 2.05) is 24.3 Å². The SMILES string of the molecule is COc1ccc(S(=O)(=O)C2(C(=O)O)CCN(Cc3ccc(Br)cc3)CC2)cc1. The largest absolute Gasteiger partial charge is 0.497 e. The molecule has 0 aromatic heterocycles. The summed E-state index contributed by atoms with van der Waals surface area (Å²) in [5.74, 6) is -0.765. The minimum absolute atomic E-state index is 0.0112. The Morgan fingerprint density at radius 3 is 2.18 bits per heavy atom. The monoisotopic (exact) mass is 467 g/mol. The topological polar surface area (TPSA) is 83.9 Å². The lowest BCUT2D eigenvalue weighted by atomic mass is 9.95. The number of hydrogen-bond acceptors (Lipinski definition) is 5. The first-order chi connectivity index (χ1) is 13.3. The molecule has 0 bridgehead atoms. The summed E-state index contributed by atoms with van der Waals surface area (Å²) in [6.07, 6.45) is 0.0977. The summed E-state index contributed by atoms with van der Waals surface area (Å²) in [7, 11) is -2.55. The van der Waals surface area contributed by atoms with Gasteiger partial charge in [-0.15, -0.1) is 0 Å². The number of carbonyl (C=O) groups is 1. The van der Waals surface area contributed by atoms with E-state index in [0.29, 0.717) is 25.4 Å². The number of ether oxygens (including phenoxy) is 1. The third-order valence-corrected chi connectivity index (χ3v) is 8.29. The fraction of sp³-hybridized carbons (Fsp3) is 0.350. The van der Waals surface area contributed by atoms with Crippen molar-refractivity contribution >= 4 is 31.7 Å². The molecule has 0 radical (unpaired) electrons. The van der Waals surface area contributed by atoms with Gasteiger partial charge in [0.15, 0.2) is 14.6 Å². The average molecular weight is 468 g/mol. The minimum Gasteiger partial charge on any atom is -0.497 e. The highest BCUT2D eigenvalue weighted by Crippen LogP contribution is 2.36. The Labute approximate surface area is 173 Å². The molecule has 1 saturated heterocycles. The summed E-state index contributed by atoms with van der Waals surface area (Å²) in [6.45, 7) is 1.46. The molecule has 6 nitrogen and oxygen atoms in total. The van der Waals surface area contributed by atoms with E-state index >= 15 is 0 Å². The number of aliphatic carboxylic acids is 1. The van der Waals surface area contributed by atoms with Crippen molar-refractivity contribution in [2.45, 2.75) is 29.0 Å². The van der Waals surface area contributed by atoms with Crippen LogP contribution in [0.3, 0.4) is 0 Å². The molecule has 1 aliphatic heterocycles. The zero-order chi connectivity index (χ0) is 20.4. The van der Waals surface area contributed by atoms with E-state index in [9.17, 15) is 18.3 Å². The Bertz CT molecular complexity index is 934. The molecule has 0 unspecified atom stereocenters. The number of halogens is 1. The molecular weight excluding hydrogens is 446 g/mol. The predicted octanol–water partition coefficient (Wildman–Crippen LogP) is 3.35. The molecule has 0 aliphatic carbocycles. The van der Waals surface area contributed by atoms with Crippen molar-refractivity contribution in [2.24, 2.45) is 0 Å². The fourth-order valence-corrected chi connectivity index (χ4v) is 5.66. The van der Waals surface area contributed by atoms with Crippen LogP contribution >= 0.6 is 15.9 Å². The third kappa shape index (κ3) is 3.94. The van der Waals surface area contributed by atoms with Crippen LogP contribution in [-0.4, -0.2) is 49.3 Å². The second-order valence-corrected chi connectivity index (χ2v) is 10.1. The van der Waals surface area contributed by atoms with Gasteiger partial charge >= 0.3 is 5.97 Å². The quantitative estimate of drug-likeness (QED) is 0.700. The smallest absolute Gasteiger partial charge is 0.325 e. The lowest BCUT2D eigenvalue weighted by Crippen LogP contribution is -2.54. The first-order valence-corrected chi connectivity index (χ1v) is 11.1. The van der Waals surface area contributed by atoms with Crippen LogP contribution in [0.25, 0.3) is 0 Å². The maximum Gasteiger partial charge on any atom is 0.325 e. The second-order valence-electron chi connectivity index (χ2n) is 6.88. The van der Waals surface area contributed by atoms with Gasteiger partial charge in [0.05, 0.1) is 12.0 Å². The number of piperidine rings is 1. The normalized spacial score (nSPS) is 17.2. The molecule has 0 atom stereocenters. The fourth-order valence-electron chi connectivity index (χ4n) is 3.50. The number of methoxy groups -OCH3 is 1. The Hall–Kier alpha value is -1.90. The molecule has 1 aliphatic rings. The van der Waals surface area contributed by atoms with Crippen LogP contribution in [0.1, 0.15) is 18.4 Å². The maximum absolute atomic E-state index is 13.2. The van der Waals surface area contributed by atoms with Gasteiger partial charge in [-0.05, 0) is 54.8 Å². The van der Waals surface area contributed by atoms with Crippen molar-refractivity contribution in [1.29, 1.82) is 0 Å². The molecule has 150 valence electrons. The number of benzene rings is 2. The average Bonchev–Trinajstić information content (AvgIpc) is 2.70. The van der Waals surface area contributed by atoms with Gasteiger partial charge in [-0.2, -0.15) is 0 Å². The Balaban J connectivity index is 1.79. The lowest BCUT2D eigenvalue weighted by Gasteiger charge is -2.38. The molecule has 2 aromatic carbocycles. The molecule has 0 saturated carbocycles. The lowest BCUT2D eigenvalue weighted by molar-refractivity contribution is -0.141. The number of hydrogen-bond donors (Lipinski definition) is 1. The molecule has 8 heteroatoms. The van der Waals surface area contributed by atoms with Crippen LogP contribution in [0.4, 0.5) is 0 Å². The second kappa shape index (κ2) is 8.23. The van der Waals surface area contributed by atoms with Gasteiger partial charge in [-0.3, -0.25) is 9.69 Å². The highest BCUT2D eigenvalue weighted by Gasteiger charge is 2.53. The van der Waals surface area contributed by atoms with Crippen LogP contribution in [0, 0.1) is 0 Å². The number of nitrogens with zero attached hydrogens (tertiary/aromatic N) is 1. The summed E-state index contributed by atoms with van der Waals surface area (Å²) in [6, 6.07) is 13.8. The molecule has 0 amide bonds. The molecule has 1 N–H and O–H groups in total. The van der Waals surface area contributed by atoms with Crippen molar-refractivity contribution in [2.75, 3.05) is 20.2 Å². The first-order valence-electron chi connectivity index (χ1n) is 8.87. The molecular formula is C20H22BrNO5S. The van der Waals surface area contributed by atoms with Gasteiger partial charge in [0.2, 0.25) is 0 Å². The number of rotatable bonds is 6. The van der Waals surface area contributed by atoms with E-state index in [2.05, 4.69) is 20.8 Å². The van der Waals surface area contributed by atoms with Crippen molar-refractivity contribution in [1.82, 2.24) is 4.90 Å². The molecule has 0 spiro atoms. The number of sulfone groups is 1. The number of carboxylic acid groups (broad SMARTS) is 1. The van der Waals surface area contributed by atoms with E-state index in [-0.39, 0.29) is 17.7 Å². The van der Waals surface area contributed by atoms with Gasteiger partial charge in [-0.25, -0.2) is 8.42 Å². The van der Waals surface area contributed by atoms with Gasteiger partial charge in [0.1, 0.15) is 5.75 Å². The van der Waals surface area contributed by atoms with Gasteiger partial charge in [-0.1, -0.05) is 28.1 Å². The zero-order valence-corrected chi connectivity index (χ0v) is 17.9. The van der Waals surface area contributed by atoms with Crippen molar-refractivity contribution in [3.8, 4) is 5.75 Å². The van der Waals surface area contributed by atoms with E-state index in [1.54, 1.807) is 0 Å². The van der Waals surface area contributed by atoms with Gasteiger partial charge < -0.3 is 9.84 Å². The molecule has 1 fully saturated rings. The van der Waals surface area contributed by atoms with E-state index < -0.39 is 20.6 Å². The number of likely N-dealkylation sites (tertiary alicyclic amines) is 1. The highest BCUT2D eigenvalue weighted by molar-refractivity contribution is 9.10. The summed E-state index contributed by atoms with van der Waals surface area (Å²) >= 11 is 3.40. The van der Waals surface area contributed by atoms with Crippen LogP contribution in [0.15, 0.2) is 57.9 Å². The standard InChI is InChI=1S/C20H22BrNO5S/c1-27-17-6-8-18(9-7-17)28(25,26)20(19(23)24)10-12-22(13-11-20)14-15-2-4-16(21)5-3-15/h2-9H,10-14H2,1H3,(H,23,24). The number of carboxylic acids is 1. The van der Waals surface area contributed by atoms with E-state index in [4.69, 9.17) is 4.74 Å². The summed E-state index contributed by atoms with van der Waals surface area (Å²) < 4.78 is 30.7. The molecule has 3 rings (SSSR count). The van der Waals surface area contributed by atoms with E-state index in [0.717, 1.165) is 10.0 Å². The Morgan fingerprint density at radius 2 is 1.68 bits per heavy atom. The Kier molecular flexibility index (Phi) is 6.12. The third-order valence-electron chi connectivity index (χ3n) is 5.26. The maximum atomic E-state index is 13.2. The molecule has 28 heavy (non-hydrogen) atoms. The summed E-state index contributed by atoms with van der Waals surface area (Å²) in [5, 5.41) is 9.87. The minimum atomic E-state index is -4.04. The summed E-state index contributed by atoms with van der Waals surface area (Å²) in [5.41, 5.74) is 1.10. The predicted molar refractivity (Wildman–Crippen MR) is 109 cm³/mol. The molecule has 2 aromatic rings. The summed E-state index contributed by atoms with van der Waals surface area (Å²) in [4.78, 5) is 14.2. The first kappa shape index (κ1) is 20.8. The van der Waals surface area contributed by atoms with Crippen molar-refractivity contribution in [3.05, 3.63) is 58.6 Å². The van der Waals surface area contributed by atoms with Crippen LogP contribution in [-0.2, 0) is 21.2 Å². The van der Waals surface area contributed by atoms with Crippen LogP contribution in [0.5, 0.6) is 5.75 Å². The van der Waals surface area contributed by atoms with Crippen molar-refractivity contribution in [3.63, 3.8) is 0 Å². The highest BCUT2D eigenvalue weighted by atomic mass is 79.9.